The molecular weight excluding hydrogens is 284 g/mol. The van der Waals surface area contributed by atoms with Gasteiger partial charge in [0.25, 0.3) is 15.3 Å². The second kappa shape index (κ2) is 5.00. The van der Waals surface area contributed by atoms with E-state index in [0.29, 0.717) is 0 Å². The van der Waals surface area contributed by atoms with Crippen LogP contribution in [0.25, 0.3) is 0 Å². The first-order chi connectivity index (χ1) is 9.38. The summed E-state index contributed by atoms with van der Waals surface area (Å²) in [6.45, 7) is 1.47. The van der Waals surface area contributed by atoms with Gasteiger partial charge in [0.2, 0.25) is 5.69 Å². The highest BCUT2D eigenvalue weighted by molar-refractivity contribution is 7.73. The van der Waals surface area contributed by atoms with E-state index < -0.39 is 30.5 Å². The van der Waals surface area contributed by atoms with E-state index in [1.54, 1.807) is 0 Å². The summed E-state index contributed by atoms with van der Waals surface area (Å²) in [5.41, 5.74) is -0.431. The van der Waals surface area contributed by atoms with Crippen molar-refractivity contribution in [2.24, 2.45) is 0 Å². The summed E-state index contributed by atoms with van der Waals surface area (Å²) in [7, 11) is -2.79. The average molecular weight is 294 g/mol. The lowest BCUT2D eigenvalue weighted by molar-refractivity contribution is -0.384. The van der Waals surface area contributed by atoms with Crippen molar-refractivity contribution in [1.82, 2.24) is 4.65 Å². The van der Waals surface area contributed by atoms with Gasteiger partial charge >= 0.3 is 5.69 Å². The van der Waals surface area contributed by atoms with Crippen molar-refractivity contribution < 1.29 is 13.3 Å². The van der Waals surface area contributed by atoms with E-state index in [-0.39, 0.29) is 11.3 Å². The number of quaternary nitrogens is 1. The molecule has 1 aromatic carbocycles. The molecule has 1 aliphatic rings. The standard InChI is InChI=1S/C12H10N2O5S/c1-9-5-4-8-14(17,12(9)20(18)19)11-7-3-2-6-10(11)13(15)16/h2-8H,1H3. The Morgan fingerprint density at radius 2 is 1.90 bits per heavy atom. The molecule has 0 N–H and O–H groups in total. The Balaban J connectivity index is 2.81. The number of nitrogens with zero attached hydrogens (tertiary/aromatic N) is 2. The predicted octanol–water partition coefficient (Wildman–Crippen LogP) is 1.88. The van der Waals surface area contributed by atoms with E-state index in [1.807, 2.05) is 0 Å². The minimum Gasteiger partial charge on any atom is -0.616 e. The molecule has 0 aromatic heterocycles. The molecule has 1 aliphatic heterocycles. The summed E-state index contributed by atoms with van der Waals surface area (Å²) < 4.78 is 21.2. The largest absolute Gasteiger partial charge is 0.616 e. The summed E-state index contributed by atoms with van der Waals surface area (Å²) in [6.07, 6.45) is 3.91. The summed E-state index contributed by atoms with van der Waals surface area (Å²) in [4.78, 5) is 9.85. The van der Waals surface area contributed by atoms with Gasteiger partial charge in [-0.15, -0.1) is 0 Å². The molecule has 0 saturated carbocycles. The quantitative estimate of drug-likeness (QED) is 0.272. The van der Waals surface area contributed by atoms with Gasteiger partial charge in [0.1, 0.15) is 6.20 Å². The molecule has 0 amide bonds. The molecule has 104 valence electrons. The monoisotopic (exact) mass is 294 g/mol. The highest BCUT2D eigenvalue weighted by Gasteiger charge is 2.36. The van der Waals surface area contributed by atoms with Crippen LogP contribution in [0.4, 0.5) is 11.4 Å². The van der Waals surface area contributed by atoms with Gasteiger partial charge in [0, 0.05) is 17.7 Å². The maximum Gasteiger partial charge on any atom is 0.330 e. The summed E-state index contributed by atoms with van der Waals surface area (Å²) in [5.74, 6) is 0. The first-order valence-electron chi connectivity index (χ1n) is 5.55. The number of hydrogen-bond donors (Lipinski definition) is 0. The van der Waals surface area contributed by atoms with Crippen LogP contribution in [0.3, 0.4) is 0 Å². The SMILES string of the molecule is CC1=CC=C[N+]([O-])(c2ccccc2[N+](=O)[O-])C1=S(=O)=O. The molecule has 20 heavy (non-hydrogen) atoms. The smallest absolute Gasteiger partial charge is 0.330 e. The van der Waals surface area contributed by atoms with Crippen LogP contribution in [0.5, 0.6) is 0 Å². The van der Waals surface area contributed by atoms with Gasteiger partial charge in [-0.1, -0.05) is 12.1 Å². The number of benzene rings is 1. The molecular formula is C12H10N2O5S. The van der Waals surface area contributed by atoms with Crippen molar-refractivity contribution >= 4 is 26.7 Å². The molecule has 7 nitrogen and oxygen atoms in total. The Labute approximate surface area is 115 Å². The van der Waals surface area contributed by atoms with Crippen molar-refractivity contribution in [1.29, 1.82) is 0 Å². The van der Waals surface area contributed by atoms with Gasteiger partial charge in [0.15, 0.2) is 0 Å². The number of hydroxylamine groups is 2. The number of rotatable bonds is 2. The summed E-state index contributed by atoms with van der Waals surface area (Å²) in [5, 5.41) is 23.9. The third kappa shape index (κ3) is 2.16. The normalized spacial score (nSPS) is 21.5. The molecule has 1 atom stereocenters. The van der Waals surface area contributed by atoms with Gasteiger partial charge < -0.3 is 5.21 Å². The molecule has 0 fully saturated rings. The first kappa shape index (κ1) is 14.1. The highest BCUT2D eigenvalue weighted by Crippen LogP contribution is 2.36. The van der Waals surface area contributed by atoms with Crippen LogP contribution in [0.15, 0.2) is 48.2 Å². The fourth-order valence-electron chi connectivity index (χ4n) is 2.04. The molecule has 1 unspecified atom stereocenters. The minimum absolute atomic E-state index is 0.244. The van der Waals surface area contributed by atoms with Crippen LogP contribution in [0, 0.1) is 15.3 Å². The lowest BCUT2D eigenvalue weighted by atomic mass is 10.1. The van der Waals surface area contributed by atoms with Crippen LogP contribution in [0.2, 0.25) is 0 Å². The zero-order valence-electron chi connectivity index (χ0n) is 10.4. The Morgan fingerprint density at radius 3 is 2.50 bits per heavy atom. The topological polar surface area (TPSA) is 100 Å². The molecule has 8 heteroatoms. The Morgan fingerprint density at radius 1 is 1.25 bits per heavy atom. The molecule has 0 aliphatic carbocycles. The lowest BCUT2D eigenvalue weighted by Crippen LogP contribution is -2.46. The maximum atomic E-state index is 12.9. The first-order valence-corrected chi connectivity index (χ1v) is 6.62. The van der Waals surface area contributed by atoms with Gasteiger partial charge in [0.05, 0.1) is 4.92 Å². The fourth-order valence-corrected chi connectivity index (χ4v) is 2.75. The van der Waals surface area contributed by atoms with E-state index >= 15 is 0 Å². The van der Waals surface area contributed by atoms with Crippen molar-refractivity contribution in [3.05, 3.63) is 63.5 Å². The molecule has 2 rings (SSSR count). The zero-order chi connectivity index (χ0) is 14.9. The lowest BCUT2D eigenvalue weighted by Gasteiger charge is -2.38. The van der Waals surface area contributed by atoms with Gasteiger partial charge in [-0.25, -0.2) is 4.65 Å². The summed E-state index contributed by atoms with van der Waals surface area (Å²) in [6, 6.07) is 5.28. The van der Waals surface area contributed by atoms with Crippen molar-refractivity contribution in [3.8, 4) is 0 Å². The number of nitro benzene ring substituents is 1. The van der Waals surface area contributed by atoms with Crippen LogP contribution >= 0.6 is 0 Å². The predicted molar refractivity (Wildman–Crippen MR) is 75.1 cm³/mol. The van der Waals surface area contributed by atoms with Crippen molar-refractivity contribution in [2.75, 3.05) is 0 Å². The number of para-hydroxylation sites is 2. The van der Waals surface area contributed by atoms with Crippen LogP contribution in [-0.4, -0.2) is 18.3 Å². The van der Waals surface area contributed by atoms with E-state index in [4.69, 9.17) is 0 Å². The molecule has 0 bridgehead atoms. The van der Waals surface area contributed by atoms with E-state index in [9.17, 15) is 23.7 Å². The number of nitro groups is 1. The number of allylic oxidation sites excluding steroid dienone is 2. The second-order valence-electron chi connectivity index (χ2n) is 4.13. The van der Waals surface area contributed by atoms with E-state index in [2.05, 4.69) is 0 Å². The van der Waals surface area contributed by atoms with Crippen LogP contribution < -0.4 is 4.65 Å². The summed E-state index contributed by atoms with van der Waals surface area (Å²) >= 11 is 0. The van der Waals surface area contributed by atoms with Gasteiger partial charge in [-0.05, 0) is 19.1 Å². The van der Waals surface area contributed by atoms with Crippen molar-refractivity contribution in [2.45, 2.75) is 6.92 Å². The molecule has 1 heterocycles. The van der Waals surface area contributed by atoms with E-state index in [0.717, 1.165) is 6.20 Å². The Kier molecular flexibility index (Phi) is 3.53. The number of hydrogen-bond acceptors (Lipinski definition) is 5. The minimum atomic E-state index is -2.79. The average Bonchev–Trinajstić information content (AvgIpc) is 2.38. The van der Waals surface area contributed by atoms with Crippen molar-refractivity contribution in [3.63, 3.8) is 0 Å². The van der Waals surface area contributed by atoms with E-state index in [1.165, 1.54) is 43.3 Å². The molecule has 0 spiro atoms. The van der Waals surface area contributed by atoms with Crippen LogP contribution in [-0.2, 0) is 10.3 Å². The Hall–Kier alpha value is -2.29. The maximum absolute atomic E-state index is 12.9. The Bertz CT molecular complexity index is 771. The second-order valence-corrected chi connectivity index (χ2v) is 4.99. The third-order valence-electron chi connectivity index (χ3n) is 2.88. The molecule has 0 saturated heterocycles. The molecule has 0 radical (unpaired) electrons. The molecule has 1 aromatic rings. The highest BCUT2D eigenvalue weighted by atomic mass is 32.2. The fraction of sp³-hybridized carbons (Fsp3) is 0.0833. The van der Waals surface area contributed by atoms with Gasteiger partial charge in [-0.2, -0.15) is 8.42 Å². The zero-order valence-corrected chi connectivity index (χ0v) is 11.2. The van der Waals surface area contributed by atoms with Crippen LogP contribution in [0.1, 0.15) is 6.92 Å². The van der Waals surface area contributed by atoms with Gasteiger partial charge in [-0.3, -0.25) is 10.1 Å². The third-order valence-corrected chi connectivity index (χ3v) is 3.78.